The summed E-state index contributed by atoms with van der Waals surface area (Å²) in [5.41, 5.74) is 0.740. The van der Waals surface area contributed by atoms with Gasteiger partial charge in [-0.15, -0.1) is 11.3 Å². The predicted molar refractivity (Wildman–Crippen MR) is 70.9 cm³/mol. The molecule has 1 amide bonds. The third kappa shape index (κ3) is 3.96. The molecule has 0 atom stereocenters. The molecule has 1 aromatic heterocycles. The van der Waals surface area contributed by atoms with Gasteiger partial charge in [-0.25, -0.2) is 13.8 Å². The van der Waals surface area contributed by atoms with Crippen LogP contribution in [0.5, 0.6) is 0 Å². The third-order valence-corrected chi connectivity index (χ3v) is 2.96. The molecule has 19 heavy (non-hydrogen) atoms. The topological polar surface area (TPSA) is 42.0 Å². The van der Waals surface area contributed by atoms with Crippen LogP contribution in [0.3, 0.4) is 0 Å². The number of amides is 1. The van der Waals surface area contributed by atoms with Gasteiger partial charge in [-0.1, -0.05) is 0 Å². The summed E-state index contributed by atoms with van der Waals surface area (Å²) in [6, 6.07) is 2.83. The maximum Gasteiger partial charge on any atom is 0.248 e. The molecule has 0 spiro atoms. The number of aromatic nitrogens is 1. The summed E-state index contributed by atoms with van der Waals surface area (Å²) in [5, 5.41) is 5.07. The molecule has 0 unspecified atom stereocenters. The molecule has 0 aliphatic rings. The smallest absolute Gasteiger partial charge is 0.248 e. The minimum absolute atomic E-state index is 0.0709. The van der Waals surface area contributed by atoms with Crippen LogP contribution in [-0.2, 0) is 4.79 Å². The maximum atomic E-state index is 12.9. The molecule has 0 aliphatic heterocycles. The van der Waals surface area contributed by atoms with E-state index >= 15 is 0 Å². The number of aryl methyl sites for hydroxylation is 1. The van der Waals surface area contributed by atoms with Crippen LogP contribution in [0.1, 0.15) is 10.7 Å². The lowest BCUT2D eigenvalue weighted by Crippen LogP contribution is -2.08. The molecule has 1 aromatic carbocycles. The molecule has 0 saturated carbocycles. The van der Waals surface area contributed by atoms with Crippen molar-refractivity contribution < 1.29 is 13.6 Å². The molecule has 0 saturated heterocycles. The van der Waals surface area contributed by atoms with Crippen molar-refractivity contribution in [3.63, 3.8) is 0 Å². The normalized spacial score (nSPS) is 10.9. The van der Waals surface area contributed by atoms with Gasteiger partial charge in [0.1, 0.15) is 11.6 Å². The number of anilines is 1. The van der Waals surface area contributed by atoms with Crippen molar-refractivity contribution in [1.82, 2.24) is 4.98 Å². The van der Waals surface area contributed by atoms with Gasteiger partial charge < -0.3 is 5.32 Å². The van der Waals surface area contributed by atoms with Gasteiger partial charge in [0.15, 0.2) is 0 Å². The van der Waals surface area contributed by atoms with E-state index in [1.807, 2.05) is 6.92 Å². The van der Waals surface area contributed by atoms with Crippen LogP contribution in [0.25, 0.3) is 6.08 Å². The van der Waals surface area contributed by atoms with Gasteiger partial charge in [0.25, 0.3) is 0 Å². The van der Waals surface area contributed by atoms with E-state index in [0.29, 0.717) is 5.69 Å². The van der Waals surface area contributed by atoms with E-state index in [1.165, 1.54) is 23.5 Å². The van der Waals surface area contributed by atoms with E-state index in [9.17, 15) is 13.6 Å². The summed E-state index contributed by atoms with van der Waals surface area (Å²) in [6.45, 7) is 1.86. The van der Waals surface area contributed by atoms with Gasteiger partial charge in [0.2, 0.25) is 5.91 Å². The summed E-state index contributed by atoms with van der Waals surface area (Å²) in [7, 11) is 0. The first kappa shape index (κ1) is 13.4. The maximum absolute atomic E-state index is 12.9. The number of carbonyl (C=O) groups is 1. The molecule has 0 bridgehead atoms. The molecule has 1 heterocycles. The standard InChI is InChI=1S/C13H10F2N2OS/c1-8-16-11(7-19-8)2-3-13(18)17-12-5-9(14)4-10(15)6-12/h2-7H,1H3,(H,17,18)/b3-2+. The molecule has 1 N–H and O–H groups in total. The number of hydrogen-bond acceptors (Lipinski definition) is 3. The molecule has 98 valence electrons. The van der Waals surface area contributed by atoms with Crippen LogP contribution in [-0.4, -0.2) is 10.9 Å². The lowest BCUT2D eigenvalue weighted by Gasteiger charge is -2.02. The first-order valence-electron chi connectivity index (χ1n) is 5.40. The zero-order valence-electron chi connectivity index (χ0n) is 9.98. The third-order valence-electron chi connectivity index (χ3n) is 2.17. The Bertz CT molecular complexity index is 617. The number of nitrogens with zero attached hydrogens (tertiary/aromatic N) is 1. The largest absolute Gasteiger partial charge is 0.322 e. The zero-order chi connectivity index (χ0) is 13.8. The average molecular weight is 280 g/mol. The molecule has 0 fully saturated rings. The Balaban J connectivity index is 2.03. The Morgan fingerprint density at radius 2 is 2.00 bits per heavy atom. The van der Waals surface area contributed by atoms with Crippen LogP contribution < -0.4 is 5.32 Å². The minimum Gasteiger partial charge on any atom is -0.322 e. The van der Waals surface area contributed by atoms with Crippen LogP contribution >= 0.6 is 11.3 Å². The number of rotatable bonds is 3. The van der Waals surface area contributed by atoms with Crippen molar-refractivity contribution in [2.24, 2.45) is 0 Å². The summed E-state index contributed by atoms with van der Waals surface area (Å²) < 4.78 is 25.8. The van der Waals surface area contributed by atoms with Crippen LogP contribution in [0.4, 0.5) is 14.5 Å². The van der Waals surface area contributed by atoms with Crippen molar-refractivity contribution in [1.29, 1.82) is 0 Å². The number of hydrogen-bond donors (Lipinski definition) is 1. The lowest BCUT2D eigenvalue weighted by atomic mass is 10.3. The van der Waals surface area contributed by atoms with E-state index in [2.05, 4.69) is 10.3 Å². The summed E-state index contributed by atoms with van der Waals surface area (Å²) >= 11 is 1.47. The van der Waals surface area contributed by atoms with Crippen molar-refractivity contribution >= 4 is 29.0 Å². The fourth-order valence-corrected chi connectivity index (χ4v) is 2.01. The number of benzene rings is 1. The van der Waals surface area contributed by atoms with Crippen molar-refractivity contribution in [3.8, 4) is 0 Å². The number of halogens is 2. The highest BCUT2D eigenvalue weighted by Crippen LogP contribution is 2.13. The fraction of sp³-hybridized carbons (Fsp3) is 0.0769. The van der Waals surface area contributed by atoms with Crippen LogP contribution in [0.2, 0.25) is 0 Å². The van der Waals surface area contributed by atoms with Crippen molar-refractivity contribution in [2.75, 3.05) is 5.32 Å². The van der Waals surface area contributed by atoms with E-state index in [4.69, 9.17) is 0 Å². The van der Waals surface area contributed by atoms with E-state index in [1.54, 1.807) is 5.38 Å². The van der Waals surface area contributed by atoms with Crippen LogP contribution in [0.15, 0.2) is 29.7 Å². The molecule has 2 aromatic rings. The summed E-state index contributed by atoms with van der Waals surface area (Å²) in [6.07, 6.45) is 2.80. The SMILES string of the molecule is Cc1nc(/C=C/C(=O)Nc2cc(F)cc(F)c2)cs1. The van der Waals surface area contributed by atoms with Gasteiger partial charge in [-0.2, -0.15) is 0 Å². The summed E-state index contributed by atoms with van der Waals surface area (Å²) in [4.78, 5) is 15.7. The van der Waals surface area contributed by atoms with Gasteiger partial charge in [-0.3, -0.25) is 4.79 Å². The molecular weight excluding hydrogens is 270 g/mol. The predicted octanol–water partition coefficient (Wildman–Crippen LogP) is 3.38. The van der Waals surface area contributed by atoms with E-state index in [0.717, 1.165) is 23.2 Å². The molecule has 2 rings (SSSR count). The quantitative estimate of drug-likeness (QED) is 0.876. The number of carbonyl (C=O) groups excluding carboxylic acids is 1. The zero-order valence-corrected chi connectivity index (χ0v) is 10.8. The number of thiazole rings is 1. The van der Waals surface area contributed by atoms with Crippen molar-refractivity contribution in [3.05, 3.63) is 52.0 Å². The molecule has 3 nitrogen and oxygen atoms in total. The molecular formula is C13H10F2N2OS. The highest BCUT2D eigenvalue weighted by atomic mass is 32.1. The Morgan fingerprint density at radius 3 is 2.58 bits per heavy atom. The second-order valence-electron chi connectivity index (χ2n) is 3.77. The Kier molecular flexibility index (Phi) is 4.01. The van der Waals surface area contributed by atoms with Gasteiger partial charge in [0, 0.05) is 23.2 Å². The number of nitrogens with one attached hydrogen (secondary N) is 1. The molecule has 0 radical (unpaired) electrons. The minimum atomic E-state index is -0.741. The monoisotopic (exact) mass is 280 g/mol. The van der Waals surface area contributed by atoms with E-state index in [-0.39, 0.29) is 5.69 Å². The van der Waals surface area contributed by atoms with Crippen molar-refractivity contribution in [2.45, 2.75) is 6.92 Å². The lowest BCUT2D eigenvalue weighted by molar-refractivity contribution is -0.111. The highest BCUT2D eigenvalue weighted by molar-refractivity contribution is 7.09. The Morgan fingerprint density at radius 1 is 1.32 bits per heavy atom. The van der Waals surface area contributed by atoms with Gasteiger partial charge >= 0.3 is 0 Å². The molecule has 0 aliphatic carbocycles. The van der Waals surface area contributed by atoms with Gasteiger partial charge in [0.05, 0.1) is 10.7 Å². The van der Waals surface area contributed by atoms with Gasteiger partial charge in [-0.05, 0) is 25.1 Å². The van der Waals surface area contributed by atoms with E-state index < -0.39 is 17.5 Å². The highest BCUT2D eigenvalue weighted by Gasteiger charge is 2.03. The van der Waals surface area contributed by atoms with Crippen LogP contribution in [0, 0.1) is 18.6 Å². The summed E-state index contributed by atoms with van der Waals surface area (Å²) in [5.74, 6) is -1.96. The first-order valence-corrected chi connectivity index (χ1v) is 6.28. The fourth-order valence-electron chi connectivity index (χ4n) is 1.43. The Hall–Kier alpha value is -2.08. The average Bonchev–Trinajstić information content (AvgIpc) is 2.71. The molecule has 6 heteroatoms. The Labute approximate surface area is 112 Å². The second kappa shape index (κ2) is 5.71. The second-order valence-corrected chi connectivity index (χ2v) is 4.83. The first-order chi connectivity index (χ1) is 9.02.